The molecule has 55 valence electrons. The maximum Gasteiger partial charge on any atom is 0.174 e. The van der Waals surface area contributed by atoms with E-state index in [2.05, 4.69) is 4.98 Å². The second-order valence-corrected chi connectivity index (χ2v) is 2.25. The van der Waals surface area contributed by atoms with Crippen LogP contribution < -0.4 is 5.59 Å². The van der Waals surface area contributed by atoms with E-state index in [0.717, 1.165) is 17.4 Å². The molecule has 0 aliphatic carbocycles. The Balaban J connectivity index is 2.74. The summed E-state index contributed by atoms with van der Waals surface area (Å²) in [5.74, 6) is 0. The van der Waals surface area contributed by atoms with Gasteiger partial charge in [0, 0.05) is 12.6 Å². The molecule has 0 unspecified atom stereocenters. The fourth-order valence-corrected chi connectivity index (χ4v) is 0.824. The van der Waals surface area contributed by atoms with Crippen LogP contribution in [0.4, 0.5) is 0 Å². The first-order valence-corrected chi connectivity index (χ1v) is 3.54. The van der Waals surface area contributed by atoms with Gasteiger partial charge in [0.25, 0.3) is 0 Å². The number of hydrogen-bond acceptors (Lipinski definition) is 2. The van der Waals surface area contributed by atoms with E-state index in [1.54, 1.807) is 6.20 Å². The number of nitrogens with zero attached hydrogens (tertiary/aromatic N) is 1. The molecule has 0 bridgehead atoms. The smallest absolute Gasteiger partial charge is 0.174 e. The van der Waals surface area contributed by atoms with Crippen LogP contribution in [0.5, 0.6) is 0 Å². The van der Waals surface area contributed by atoms with Gasteiger partial charge in [0.15, 0.2) is 7.28 Å². The van der Waals surface area contributed by atoms with Gasteiger partial charge in [0.05, 0.1) is 0 Å². The van der Waals surface area contributed by atoms with Gasteiger partial charge in [-0.2, -0.15) is 0 Å². The molecule has 0 aromatic carbocycles. The molecule has 0 atom stereocenters. The molecule has 2 nitrogen and oxygen atoms in total. The largest absolute Gasteiger partial charge is 0.303 e. The number of rotatable bonds is 3. The molecule has 1 heterocycles. The van der Waals surface area contributed by atoms with Crippen LogP contribution in [0.2, 0.25) is 6.82 Å². The lowest BCUT2D eigenvalue weighted by Crippen LogP contribution is -2.14. The van der Waals surface area contributed by atoms with Gasteiger partial charge in [-0.15, -0.1) is 0 Å². The molecule has 1 radical (unpaired) electrons. The number of pyridine rings is 1. The van der Waals surface area contributed by atoms with Crippen molar-refractivity contribution < 1.29 is 4.79 Å². The number of aromatic nitrogens is 1. The van der Waals surface area contributed by atoms with Crippen molar-refractivity contribution in [2.24, 2.45) is 0 Å². The summed E-state index contributed by atoms with van der Waals surface area (Å²) in [4.78, 5) is 14.2. The summed E-state index contributed by atoms with van der Waals surface area (Å²) in [5, 5.41) is 0. The van der Waals surface area contributed by atoms with Crippen LogP contribution in [0.15, 0.2) is 18.3 Å². The molecular formula is C8H9BNO. The zero-order valence-electron chi connectivity index (χ0n) is 6.45. The van der Waals surface area contributed by atoms with Gasteiger partial charge in [-0.05, 0) is 11.2 Å². The van der Waals surface area contributed by atoms with Crippen molar-refractivity contribution in [2.75, 3.05) is 0 Å². The first kappa shape index (κ1) is 7.99. The lowest BCUT2D eigenvalue weighted by molar-refractivity contribution is -0.107. The molecule has 0 N–H and O–H groups in total. The van der Waals surface area contributed by atoms with Gasteiger partial charge in [-0.3, -0.25) is 4.98 Å². The molecule has 3 heteroatoms. The number of carbonyl (C=O) groups is 1. The Hall–Kier alpha value is -1.12. The number of carbonyl (C=O) groups excluding carboxylic acids is 1. The summed E-state index contributed by atoms with van der Waals surface area (Å²) in [5.41, 5.74) is 1.91. The van der Waals surface area contributed by atoms with Gasteiger partial charge in [0.1, 0.15) is 6.29 Å². The van der Waals surface area contributed by atoms with Crippen molar-refractivity contribution in [3.8, 4) is 0 Å². The quantitative estimate of drug-likeness (QED) is 0.450. The van der Waals surface area contributed by atoms with Crippen LogP contribution in [0.3, 0.4) is 0 Å². The molecule has 1 aromatic heterocycles. The summed E-state index contributed by atoms with van der Waals surface area (Å²) in [7, 11) is 1.92. The fourth-order valence-electron chi connectivity index (χ4n) is 0.824. The number of hydrogen-bond donors (Lipinski definition) is 0. The Kier molecular flexibility index (Phi) is 2.84. The lowest BCUT2D eigenvalue weighted by atomic mass is 9.77. The van der Waals surface area contributed by atoms with E-state index < -0.39 is 0 Å². The van der Waals surface area contributed by atoms with Gasteiger partial charge < -0.3 is 4.79 Å². The Morgan fingerprint density at radius 3 is 2.91 bits per heavy atom. The third-order valence-corrected chi connectivity index (χ3v) is 1.46. The highest BCUT2D eigenvalue weighted by molar-refractivity contribution is 6.50. The second-order valence-electron chi connectivity index (χ2n) is 2.25. The van der Waals surface area contributed by atoms with Gasteiger partial charge in [0.2, 0.25) is 0 Å². The average molecular weight is 146 g/mol. The van der Waals surface area contributed by atoms with E-state index in [9.17, 15) is 4.79 Å². The molecular weight excluding hydrogens is 137 g/mol. The third kappa shape index (κ3) is 2.18. The third-order valence-electron chi connectivity index (χ3n) is 1.46. The van der Waals surface area contributed by atoms with E-state index in [-0.39, 0.29) is 0 Å². The van der Waals surface area contributed by atoms with Crippen LogP contribution >= 0.6 is 0 Å². The summed E-state index contributed by atoms with van der Waals surface area (Å²) in [6.07, 6.45) is 3.06. The zero-order chi connectivity index (χ0) is 8.10. The first-order valence-electron chi connectivity index (χ1n) is 3.54. The lowest BCUT2D eigenvalue weighted by Gasteiger charge is -1.95. The van der Waals surface area contributed by atoms with E-state index >= 15 is 0 Å². The maximum absolute atomic E-state index is 10.1. The van der Waals surface area contributed by atoms with Crippen LogP contribution in [0.25, 0.3) is 0 Å². The minimum atomic E-state index is 0.455. The first-order chi connectivity index (χ1) is 5.36. The Bertz CT molecular complexity index is 232. The fraction of sp³-hybridized carbons (Fsp3) is 0.250. The van der Waals surface area contributed by atoms with Crippen molar-refractivity contribution >= 4 is 19.2 Å². The minimum Gasteiger partial charge on any atom is -0.303 e. The Morgan fingerprint density at radius 1 is 1.64 bits per heavy atom. The van der Waals surface area contributed by atoms with E-state index in [1.165, 1.54) is 0 Å². The SMILES string of the molecule is C[B]c1ccc(CC=O)cn1. The monoisotopic (exact) mass is 146 g/mol. The molecule has 1 aromatic rings. The summed E-state index contributed by atoms with van der Waals surface area (Å²) in [6.45, 7) is 1.93. The van der Waals surface area contributed by atoms with Gasteiger partial charge >= 0.3 is 0 Å². The molecule has 11 heavy (non-hydrogen) atoms. The Labute approximate surface area is 66.9 Å². The highest BCUT2D eigenvalue weighted by Crippen LogP contribution is 1.92. The minimum absolute atomic E-state index is 0.455. The van der Waals surface area contributed by atoms with Crippen molar-refractivity contribution in [1.29, 1.82) is 0 Å². The molecule has 0 aliphatic rings. The highest BCUT2D eigenvalue weighted by atomic mass is 16.1. The summed E-state index contributed by atoms with van der Waals surface area (Å²) < 4.78 is 0. The van der Waals surface area contributed by atoms with E-state index in [4.69, 9.17) is 0 Å². The van der Waals surface area contributed by atoms with Crippen LogP contribution in [0.1, 0.15) is 5.56 Å². The highest BCUT2D eigenvalue weighted by Gasteiger charge is 1.92. The molecule has 0 saturated carbocycles. The molecule has 0 spiro atoms. The number of aldehydes is 1. The van der Waals surface area contributed by atoms with Crippen molar-refractivity contribution in [3.05, 3.63) is 23.9 Å². The molecule has 0 fully saturated rings. The topological polar surface area (TPSA) is 30.0 Å². The zero-order valence-corrected chi connectivity index (χ0v) is 6.45. The predicted octanol–water partition coefficient (Wildman–Crippen LogP) is 0.201. The van der Waals surface area contributed by atoms with Gasteiger partial charge in [-0.1, -0.05) is 19.0 Å². The van der Waals surface area contributed by atoms with Crippen LogP contribution in [-0.4, -0.2) is 18.5 Å². The standard InChI is InChI=1S/C8H9BNO/c1-9-8-3-2-7(4-5-11)6-10-8/h2-3,5-6H,4H2,1H3. The summed E-state index contributed by atoms with van der Waals surface area (Å²) >= 11 is 0. The summed E-state index contributed by atoms with van der Waals surface area (Å²) in [6, 6.07) is 3.82. The predicted molar refractivity (Wildman–Crippen MR) is 45.3 cm³/mol. The maximum atomic E-state index is 10.1. The van der Waals surface area contributed by atoms with Crippen molar-refractivity contribution in [2.45, 2.75) is 13.2 Å². The van der Waals surface area contributed by atoms with E-state index in [0.29, 0.717) is 6.42 Å². The molecule has 0 saturated heterocycles. The normalized spacial score (nSPS) is 9.18. The van der Waals surface area contributed by atoms with Crippen LogP contribution in [0, 0.1) is 0 Å². The Morgan fingerprint density at radius 2 is 2.45 bits per heavy atom. The average Bonchev–Trinajstić information content (AvgIpc) is 2.07. The van der Waals surface area contributed by atoms with Gasteiger partial charge in [-0.25, -0.2) is 0 Å². The van der Waals surface area contributed by atoms with Crippen LogP contribution in [-0.2, 0) is 11.2 Å². The van der Waals surface area contributed by atoms with E-state index in [1.807, 2.05) is 26.2 Å². The molecule has 1 rings (SSSR count). The second kappa shape index (κ2) is 3.91. The molecule has 0 amide bonds. The van der Waals surface area contributed by atoms with Crippen molar-refractivity contribution in [3.63, 3.8) is 0 Å². The van der Waals surface area contributed by atoms with Crippen molar-refractivity contribution in [1.82, 2.24) is 4.98 Å². The molecule has 0 aliphatic heterocycles.